The summed E-state index contributed by atoms with van der Waals surface area (Å²) < 4.78 is 41.7. The molecule has 0 saturated carbocycles. The van der Waals surface area contributed by atoms with Gasteiger partial charge in [-0.2, -0.15) is 0 Å². The number of rotatable bonds is 3. The maximum absolute atomic E-state index is 11.3. The van der Waals surface area contributed by atoms with Crippen LogP contribution >= 0.6 is 15.9 Å². The van der Waals surface area contributed by atoms with Crippen molar-refractivity contribution in [3.8, 4) is 0 Å². The molecule has 3 aromatic carbocycles. The van der Waals surface area contributed by atoms with Crippen molar-refractivity contribution in [1.82, 2.24) is 0 Å². The number of fused-ring (bicyclic) bond motifs is 2. The van der Waals surface area contributed by atoms with E-state index in [9.17, 15) is 14.0 Å². The van der Waals surface area contributed by atoms with Crippen LogP contribution in [0.2, 0.25) is 0 Å². The van der Waals surface area contributed by atoms with Crippen LogP contribution in [0.1, 0.15) is 11.1 Å². The van der Waals surface area contributed by atoms with Crippen LogP contribution in [0.25, 0.3) is 5.57 Å². The minimum atomic E-state index is -4.49. The Morgan fingerprint density at radius 1 is 0.808 bits per heavy atom. The van der Waals surface area contributed by atoms with Crippen LogP contribution in [-0.4, -0.2) is 19.5 Å². The summed E-state index contributed by atoms with van der Waals surface area (Å²) in [5.41, 5.74) is 2.96. The molecule has 1 heterocycles. The van der Waals surface area contributed by atoms with Gasteiger partial charge in [-0.05, 0) is 0 Å². The van der Waals surface area contributed by atoms with E-state index in [1.165, 1.54) is 0 Å². The second-order valence-electron chi connectivity index (χ2n) is 5.58. The zero-order valence-corrected chi connectivity index (χ0v) is 17.9. The zero-order chi connectivity index (χ0) is 18.3. The minimum absolute atomic E-state index is 0.819. The number of hydrogen-bond acceptors (Lipinski definition) is 4. The third-order valence-corrected chi connectivity index (χ3v) is 11.5. The van der Waals surface area contributed by atoms with Gasteiger partial charge >= 0.3 is 168 Å². The van der Waals surface area contributed by atoms with E-state index in [2.05, 4.69) is 15.9 Å². The van der Waals surface area contributed by atoms with Gasteiger partial charge in [0.25, 0.3) is 0 Å². The van der Waals surface area contributed by atoms with Crippen LogP contribution in [0.5, 0.6) is 0 Å². The fraction of sp³-hybridized carbons (Fsp3) is 0. The predicted molar refractivity (Wildman–Crippen MR) is 93.6 cm³/mol. The van der Waals surface area contributed by atoms with Crippen LogP contribution in [0.4, 0.5) is 0 Å². The maximum atomic E-state index is 11.3. The summed E-state index contributed by atoms with van der Waals surface area (Å²) in [4.78, 5) is 0. The first-order chi connectivity index (χ1) is 12.4. The van der Waals surface area contributed by atoms with E-state index in [4.69, 9.17) is 2.65 Å². The van der Waals surface area contributed by atoms with Crippen molar-refractivity contribution < 1.29 is 26.9 Å². The van der Waals surface area contributed by atoms with Crippen LogP contribution in [-0.2, 0) is 2.65 Å². The Balaban J connectivity index is 2.14. The molecule has 0 aromatic heterocycles. The molecule has 0 bridgehead atoms. The third-order valence-electron chi connectivity index (χ3n) is 3.99. The van der Waals surface area contributed by atoms with E-state index in [1.807, 2.05) is 72.8 Å². The van der Waals surface area contributed by atoms with Gasteiger partial charge in [0.2, 0.25) is 0 Å². The van der Waals surface area contributed by atoms with Crippen molar-refractivity contribution in [2.75, 3.05) is 0 Å². The van der Waals surface area contributed by atoms with E-state index in [0.29, 0.717) is 0 Å². The fourth-order valence-corrected chi connectivity index (χ4v) is 9.98. The van der Waals surface area contributed by atoms with Gasteiger partial charge in [-0.15, -0.1) is 0 Å². The summed E-state index contributed by atoms with van der Waals surface area (Å²) in [6.45, 7) is 0. The van der Waals surface area contributed by atoms with Crippen molar-refractivity contribution in [2.45, 2.75) is 0 Å². The average Bonchev–Trinajstić information content (AvgIpc) is 2.62. The molecule has 0 N–H and O–H groups in total. The first-order valence-electron chi connectivity index (χ1n) is 7.61. The van der Waals surface area contributed by atoms with Gasteiger partial charge in [-0.3, -0.25) is 0 Å². The molecule has 0 spiro atoms. The molecule has 0 aliphatic carbocycles. The Morgan fingerprint density at radius 2 is 1.46 bits per heavy atom. The SMILES string of the molecule is [O-][Cl+3]([O-])([O-])O[Te]1=c2ccccc2=C(c2ccc(Br)cc2)c2ccccc21. The fourth-order valence-electron chi connectivity index (χ4n) is 3.01. The molecule has 4 nitrogen and oxygen atoms in total. The summed E-state index contributed by atoms with van der Waals surface area (Å²) in [6, 6.07) is 23.1. The molecule has 132 valence electrons. The summed E-state index contributed by atoms with van der Waals surface area (Å²) in [5.74, 6) is 0. The van der Waals surface area contributed by atoms with Crippen LogP contribution < -0.4 is 22.8 Å². The summed E-state index contributed by atoms with van der Waals surface area (Å²) in [6.07, 6.45) is 0. The monoisotopic (exact) mass is 548 g/mol. The summed E-state index contributed by atoms with van der Waals surface area (Å²) in [5, 5.41) is 0.920. The van der Waals surface area contributed by atoms with Crippen LogP contribution in [0.3, 0.4) is 0 Å². The molecule has 0 fully saturated rings. The third kappa shape index (κ3) is 3.53. The molecule has 0 amide bonds. The molecular weight excluding hydrogens is 535 g/mol. The van der Waals surface area contributed by atoms with Gasteiger partial charge in [0.15, 0.2) is 0 Å². The Bertz CT molecular complexity index is 1110. The molecule has 3 aromatic rings. The summed E-state index contributed by atoms with van der Waals surface area (Å²) in [7, 11) is -4.49. The van der Waals surface area contributed by atoms with Crippen LogP contribution in [0.15, 0.2) is 77.3 Å². The number of hydrogen-bond donors (Lipinski definition) is 0. The average molecular weight is 547 g/mol. The molecule has 0 saturated heterocycles. The molecule has 1 aliphatic heterocycles. The van der Waals surface area contributed by atoms with Crippen molar-refractivity contribution in [1.29, 1.82) is 0 Å². The predicted octanol–water partition coefficient (Wildman–Crippen LogP) is -0.345. The zero-order valence-electron chi connectivity index (χ0n) is 13.2. The molecule has 0 radical (unpaired) electrons. The Kier molecular flexibility index (Phi) is 5.04. The van der Waals surface area contributed by atoms with E-state index in [-0.39, 0.29) is 0 Å². The molecule has 4 rings (SSSR count). The second-order valence-corrected chi connectivity index (χ2v) is 12.5. The first kappa shape index (κ1) is 18.3. The van der Waals surface area contributed by atoms with Gasteiger partial charge in [-0.25, -0.2) is 0 Å². The number of halogens is 2. The normalized spacial score (nSPS) is 14.1. The number of benzene rings is 3. The Morgan fingerprint density at radius 3 is 2.19 bits per heavy atom. The molecule has 7 heteroatoms. The van der Waals surface area contributed by atoms with E-state index in [0.717, 1.165) is 33.2 Å². The van der Waals surface area contributed by atoms with E-state index < -0.39 is 29.7 Å². The van der Waals surface area contributed by atoms with Crippen LogP contribution in [0, 0.1) is 13.4 Å². The Hall–Kier alpha value is -1.07. The van der Waals surface area contributed by atoms with E-state index in [1.54, 1.807) is 0 Å². The van der Waals surface area contributed by atoms with Gasteiger partial charge in [0.05, 0.1) is 0 Å². The van der Waals surface area contributed by atoms with Crippen molar-refractivity contribution >= 4 is 44.6 Å². The van der Waals surface area contributed by atoms with E-state index >= 15 is 0 Å². The standard InChI is InChI=1S/C19H12BrClO4Te/c20-14-11-9-13(10-12-14)19-15-5-1-3-7-17(15)26(25-21(22,23)24)18-8-4-2-6-16(18)19/h1-12H. The molecule has 0 unspecified atom stereocenters. The quantitative estimate of drug-likeness (QED) is 0.421. The molecule has 1 aliphatic rings. The van der Waals surface area contributed by atoms with Crippen molar-refractivity contribution in [2.24, 2.45) is 0 Å². The second kappa shape index (κ2) is 7.16. The van der Waals surface area contributed by atoms with Crippen molar-refractivity contribution in [3.05, 3.63) is 96.8 Å². The van der Waals surface area contributed by atoms with Gasteiger partial charge in [0.1, 0.15) is 0 Å². The molecule has 26 heavy (non-hydrogen) atoms. The Labute approximate surface area is 167 Å². The van der Waals surface area contributed by atoms with Crippen molar-refractivity contribution in [3.63, 3.8) is 0 Å². The topological polar surface area (TPSA) is 78.4 Å². The molecule has 0 atom stereocenters. The molecular formula is C19H12BrClO4Te. The first-order valence-corrected chi connectivity index (χ1v) is 12.9. The summed E-state index contributed by atoms with van der Waals surface area (Å²) >= 11 is 0.411. The van der Waals surface area contributed by atoms with Gasteiger partial charge < -0.3 is 0 Å². The van der Waals surface area contributed by atoms with Gasteiger partial charge in [-0.1, -0.05) is 0 Å². The van der Waals surface area contributed by atoms with Gasteiger partial charge in [0, 0.05) is 0 Å².